The number of benzene rings is 5. The lowest BCUT2D eigenvalue weighted by atomic mass is 9.96. The summed E-state index contributed by atoms with van der Waals surface area (Å²) in [6, 6.07) is 35.8. The summed E-state index contributed by atoms with van der Waals surface area (Å²) in [7, 11) is -8.13. The first-order chi connectivity index (χ1) is 34.8. The smallest absolute Gasteiger partial charge is 0.469 e. The Morgan fingerprint density at radius 3 is 2.10 bits per heavy atom. The van der Waals surface area contributed by atoms with Crippen LogP contribution in [0.15, 0.2) is 135 Å². The molecule has 8 rings (SSSR count). The van der Waals surface area contributed by atoms with Gasteiger partial charge in [-0.15, -0.1) is 11.8 Å². The summed E-state index contributed by atoms with van der Waals surface area (Å²) >= 11 is 9.45. The van der Waals surface area contributed by atoms with Gasteiger partial charge in [0.2, 0.25) is 0 Å². The van der Waals surface area contributed by atoms with Crippen molar-refractivity contribution >= 4 is 75.8 Å². The summed E-state index contributed by atoms with van der Waals surface area (Å²) in [6.07, 6.45) is 3.54. The van der Waals surface area contributed by atoms with Gasteiger partial charge in [0.15, 0.2) is 9.84 Å². The summed E-state index contributed by atoms with van der Waals surface area (Å²) in [5.74, 6) is -0.740. The molecule has 0 radical (unpaired) electrons. The molecule has 2 aliphatic heterocycles. The normalized spacial score (nSPS) is 15.5. The van der Waals surface area contributed by atoms with Gasteiger partial charge in [-0.05, 0) is 155 Å². The van der Waals surface area contributed by atoms with Crippen LogP contribution in [-0.2, 0) is 18.9 Å². The molecular weight excluding hydrogens is 1030 g/mol. The average Bonchev–Trinajstić information content (AvgIpc) is 3.68. The van der Waals surface area contributed by atoms with Crippen molar-refractivity contribution in [2.45, 2.75) is 71.7 Å². The fourth-order valence-electron chi connectivity index (χ4n) is 9.81. The number of nitrogens with one attached hydrogen (secondary N) is 1. The largest absolute Gasteiger partial charge is 0.478 e. The molecular formula is C54H62ClFN5O8PS3. The second-order valence-corrected chi connectivity index (χ2v) is 24.9. The lowest BCUT2D eigenvalue weighted by Gasteiger charge is -2.37. The monoisotopic (exact) mass is 1090 g/mol. The number of aromatic carboxylic acids is 1. The number of halogens is 2. The highest BCUT2D eigenvalue weighted by Crippen LogP contribution is 2.43. The highest BCUT2D eigenvalue weighted by molar-refractivity contribution is 7.99. The number of rotatable bonds is 20. The van der Waals surface area contributed by atoms with Crippen LogP contribution in [0.1, 0.15) is 55.2 Å². The Morgan fingerprint density at radius 1 is 0.836 bits per heavy atom. The number of likely N-dealkylation sites (tertiary alicyclic amines) is 1. The van der Waals surface area contributed by atoms with Crippen molar-refractivity contribution in [3.63, 3.8) is 0 Å². The molecule has 388 valence electrons. The maximum absolute atomic E-state index is 15.7. The number of piperazine rings is 1. The third-order valence-electron chi connectivity index (χ3n) is 13.4. The Kier molecular flexibility index (Phi) is 17.8. The van der Waals surface area contributed by atoms with E-state index in [0.29, 0.717) is 70.8 Å². The van der Waals surface area contributed by atoms with Crippen molar-refractivity contribution in [2.75, 3.05) is 79.5 Å². The third kappa shape index (κ3) is 14.1. The summed E-state index contributed by atoms with van der Waals surface area (Å²) in [4.78, 5) is 41.0. The predicted molar refractivity (Wildman–Crippen MR) is 293 cm³/mol. The van der Waals surface area contributed by atoms with E-state index in [4.69, 9.17) is 25.9 Å². The molecule has 5 aromatic carbocycles. The van der Waals surface area contributed by atoms with E-state index in [9.17, 15) is 22.9 Å². The fourth-order valence-corrected chi connectivity index (χ4v) is 13.1. The number of anilines is 3. The van der Waals surface area contributed by atoms with E-state index in [1.807, 2.05) is 79.1 Å². The molecule has 0 aliphatic carbocycles. The Morgan fingerprint density at radius 2 is 1.48 bits per heavy atom. The van der Waals surface area contributed by atoms with Crippen LogP contribution in [0.25, 0.3) is 22.4 Å². The number of sulfone groups is 1. The molecule has 2 fully saturated rings. The Labute approximate surface area is 441 Å². The molecule has 1 aromatic heterocycles. The topological polar surface area (TPSA) is 165 Å². The number of hydrogen-bond acceptors (Lipinski definition) is 11. The molecule has 6 aromatic rings. The summed E-state index contributed by atoms with van der Waals surface area (Å²) in [6.45, 7) is 10.7. The molecule has 0 unspecified atom stereocenters. The van der Waals surface area contributed by atoms with E-state index < -0.39 is 29.4 Å². The van der Waals surface area contributed by atoms with Crippen LogP contribution in [-0.4, -0.2) is 109 Å². The molecule has 0 amide bonds. The van der Waals surface area contributed by atoms with Gasteiger partial charge in [0, 0.05) is 99.2 Å². The van der Waals surface area contributed by atoms with Crippen LogP contribution in [0.2, 0.25) is 5.02 Å². The number of thioether (sulfide) groups is 1. The highest BCUT2D eigenvalue weighted by Gasteiger charge is 2.30. The molecule has 19 heteroatoms. The van der Waals surface area contributed by atoms with Gasteiger partial charge in [0.05, 0.1) is 28.4 Å². The summed E-state index contributed by atoms with van der Waals surface area (Å²) in [5.41, 5.74) is 5.42. The second kappa shape index (κ2) is 23.8. The lowest BCUT2D eigenvalue weighted by Crippen LogP contribution is -2.46. The number of hydrogen-bond donors (Lipinski definition) is 4. The zero-order valence-electron chi connectivity index (χ0n) is 41.3. The first-order valence-corrected chi connectivity index (χ1v) is 29.9. The van der Waals surface area contributed by atoms with Crippen LogP contribution in [0.5, 0.6) is 0 Å². The number of carboxylic acid groups (broad SMARTS) is 1. The Bertz CT molecular complexity index is 3040. The van der Waals surface area contributed by atoms with E-state index >= 15 is 4.39 Å². The maximum Gasteiger partial charge on any atom is 0.469 e. The first-order valence-electron chi connectivity index (χ1n) is 24.3. The standard InChI is InChI=1S/C54H62ClFN5O8PS3/c1-36(2)61-37(3)51(54(62)63)52(53(61)39-10-12-41(55)13-11-39)40-30-42(56)32-45(31-40)60-28-26-59(27-29-60)44-14-16-47(17-15-44)72-48-18-19-49(50(33-48)73(4,67)68)57-43(35-71-46-8-6-5-7-9-46)22-25-58-23-20-38(21-24-58)34-69-70(64,65)66/h5-19,30-33,36,38,43,57H,20-29,34-35H2,1-4H3,(H,62,63)(H2,64,65,66)/t43-/m1/s1. The van der Waals surface area contributed by atoms with Crippen molar-refractivity contribution in [1.82, 2.24) is 9.47 Å². The molecule has 3 heterocycles. The number of phosphoric ester groups is 1. The van der Waals surface area contributed by atoms with Gasteiger partial charge in [0.1, 0.15) is 5.82 Å². The van der Waals surface area contributed by atoms with Gasteiger partial charge in [-0.25, -0.2) is 22.2 Å². The molecule has 0 saturated carbocycles. The number of carbonyl (C=O) groups is 1. The molecule has 0 bridgehead atoms. The molecule has 0 spiro atoms. The highest BCUT2D eigenvalue weighted by atomic mass is 35.5. The fraction of sp³-hybridized carbons (Fsp3) is 0.352. The molecule has 73 heavy (non-hydrogen) atoms. The number of piperidine rings is 1. The third-order valence-corrected chi connectivity index (χ3v) is 17.5. The van der Waals surface area contributed by atoms with Crippen molar-refractivity contribution in [3.8, 4) is 22.4 Å². The van der Waals surface area contributed by atoms with Gasteiger partial charge in [-0.1, -0.05) is 53.7 Å². The van der Waals surface area contributed by atoms with Crippen LogP contribution < -0.4 is 15.1 Å². The average molecular weight is 1090 g/mol. The number of carboxylic acids is 1. The van der Waals surface area contributed by atoms with Gasteiger partial charge in [-0.3, -0.25) is 4.52 Å². The summed E-state index contributed by atoms with van der Waals surface area (Å²) < 4.78 is 60.4. The van der Waals surface area contributed by atoms with E-state index in [1.54, 1.807) is 36.9 Å². The quantitative estimate of drug-likeness (QED) is 0.0421. The predicted octanol–water partition coefficient (Wildman–Crippen LogP) is 11.9. The van der Waals surface area contributed by atoms with Crippen molar-refractivity contribution in [3.05, 3.63) is 137 Å². The van der Waals surface area contributed by atoms with E-state index in [0.717, 1.165) is 64.8 Å². The SMILES string of the molecule is Cc1c(C(=O)O)c(-c2cc(F)cc(N3CCN(c4ccc(Sc5ccc(N[C@H](CCN6CCC(COP(=O)(O)O)CC6)CSc6ccccc6)c(S(C)(=O)=O)c5)cc4)CC3)c2)c(-c2ccc(Cl)cc2)n1C(C)C. The van der Waals surface area contributed by atoms with Crippen molar-refractivity contribution in [1.29, 1.82) is 0 Å². The first kappa shape index (κ1) is 54.5. The van der Waals surface area contributed by atoms with Crippen LogP contribution in [0.3, 0.4) is 0 Å². The van der Waals surface area contributed by atoms with E-state index in [1.165, 1.54) is 30.2 Å². The lowest BCUT2D eigenvalue weighted by molar-refractivity contribution is 0.0696. The number of nitrogens with zero attached hydrogens (tertiary/aromatic N) is 4. The van der Waals surface area contributed by atoms with Crippen LogP contribution in [0.4, 0.5) is 21.5 Å². The van der Waals surface area contributed by atoms with Gasteiger partial charge < -0.3 is 39.5 Å². The zero-order valence-corrected chi connectivity index (χ0v) is 45.4. The van der Waals surface area contributed by atoms with Gasteiger partial charge in [0.25, 0.3) is 0 Å². The minimum atomic E-state index is -4.50. The number of aromatic nitrogens is 1. The Hall–Kier alpha value is -4.81. The second-order valence-electron chi connectivity index (χ2n) is 19.0. The van der Waals surface area contributed by atoms with Gasteiger partial charge >= 0.3 is 13.8 Å². The Balaban J connectivity index is 0.926. The molecule has 2 aliphatic rings. The zero-order chi connectivity index (χ0) is 52.0. The van der Waals surface area contributed by atoms with Crippen LogP contribution >= 0.6 is 42.9 Å². The van der Waals surface area contributed by atoms with Crippen molar-refractivity contribution in [2.24, 2.45) is 5.92 Å². The molecule has 13 nitrogen and oxygen atoms in total. The van der Waals surface area contributed by atoms with Crippen LogP contribution in [0, 0.1) is 18.7 Å². The number of phosphoric acid groups is 1. The van der Waals surface area contributed by atoms with Gasteiger partial charge in [-0.2, -0.15) is 0 Å². The molecule has 2 saturated heterocycles. The molecule has 4 N–H and O–H groups in total. The van der Waals surface area contributed by atoms with Crippen molar-refractivity contribution < 1.29 is 41.6 Å². The minimum absolute atomic E-state index is 0.0375. The molecule has 1 atom stereocenters. The summed E-state index contributed by atoms with van der Waals surface area (Å²) in [5, 5.41) is 14.7. The maximum atomic E-state index is 15.7. The van der Waals surface area contributed by atoms with E-state index in [2.05, 4.69) is 44.3 Å². The minimum Gasteiger partial charge on any atom is -0.478 e. The van der Waals surface area contributed by atoms with E-state index in [-0.39, 0.29) is 35.1 Å².